The van der Waals surface area contributed by atoms with Crippen molar-refractivity contribution in [3.63, 3.8) is 0 Å². The zero-order chi connectivity index (χ0) is 16.5. The molecule has 0 atom stereocenters. The number of nitrogens with zero attached hydrogens (tertiary/aromatic N) is 3. The highest BCUT2D eigenvalue weighted by Gasteiger charge is 2.44. The van der Waals surface area contributed by atoms with Crippen LogP contribution in [0, 0.1) is 0 Å². The molecule has 2 rings (SSSR count). The summed E-state index contributed by atoms with van der Waals surface area (Å²) < 4.78 is 2.51. The van der Waals surface area contributed by atoms with Gasteiger partial charge in [-0.25, -0.2) is 9.97 Å². The number of hydrogen-bond acceptors (Lipinski definition) is 2. The maximum Gasteiger partial charge on any atom is 0.222 e. The van der Waals surface area contributed by atoms with Crippen LogP contribution in [0.4, 0.5) is 0 Å². The fraction of sp³-hybridized carbons (Fsp3) is 0.529. The van der Waals surface area contributed by atoms with Crippen molar-refractivity contribution in [3.05, 3.63) is 36.0 Å². The second-order valence-electron chi connectivity index (χ2n) is 6.87. The number of rotatable bonds is 5. The molecule has 120 valence electrons. The molecule has 0 aliphatic heterocycles. The lowest BCUT2D eigenvalue weighted by molar-refractivity contribution is 0.766. The zero-order valence-electron chi connectivity index (χ0n) is 14.3. The summed E-state index contributed by atoms with van der Waals surface area (Å²) in [5, 5.41) is 0.297. The summed E-state index contributed by atoms with van der Waals surface area (Å²) in [7, 11) is -1.69. The van der Waals surface area contributed by atoms with E-state index in [0.29, 0.717) is 21.9 Å². The average molecular weight is 336 g/mol. The highest BCUT2D eigenvalue weighted by atomic mass is 35.5. The Kier molecular flexibility index (Phi) is 5.13. The van der Waals surface area contributed by atoms with Gasteiger partial charge in [0.15, 0.2) is 8.24 Å². The molecule has 2 aromatic rings. The normalized spacial score (nSPS) is 12.6. The monoisotopic (exact) mass is 335 g/mol. The Hall–Kier alpha value is -1.13. The molecule has 0 aliphatic carbocycles. The van der Waals surface area contributed by atoms with Crippen LogP contribution in [-0.4, -0.2) is 22.4 Å². The molecule has 0 amide bonds. The van der Waals surface area contributed by atoms with E-state index in [0.717, 1.165) is 11.3 Å². The molecule has 3 nitrogen and oxygen atoms in total. The van der Waals surface area contributed by atoms with E-state index in [1.807, 2.05) is 6.07 Å². The first-order valence-corrected chi connectivity index (χ1v) is 10.5. The third-order valence-corrected chi connectivity index (χ3v) is 11.7. The first-order chi connectivity index (χ1) is 10.3. The van der Waals surface area contributed by atoms with E-state index in [1.54, 1.807) is 6.20 Å². The smallest absolute Gasteiger partial charge is 0.222 e. The van der Waals surface area contributed by atoms with Gasteiger partial charge in [0.25, 0.3) is 0 Å². The lowest BCUT2D eigenvalue weighted by atomic mass is 10.2. The highest BCUT2D eigenvalue weighted by Crippen LogP contribution is 2.43. The van der Waals surface area contributed by atoms with Gasteiger partial charge >= 0.3 is 0 Å². The second kappa shape index (κ2) is 6.55. The molecule has 0 aliphatic rings. The lowest BCUT2D eigenvalue weighted by Crippen LogP contribution is -2.51. The lowest BCUT2D eigenvalue weighted by Gasteiger charge is -2.44. The number of halogens is 1. The van der Waals surface area contributed by atoms with Crippen LogP contribution in [-0.2, 0) is 0 Å². The first-order valence-electron chi connectivity index (χ1n) is 7.97. The molecule has 0 fully saturated rings. The van der Waals surface area contributed by atoms with Gasteiger partial charge in [-0.1, -0.05) is 41.5 Å². The maximum absolute atomic E-state index is 5.92. The van der Waals surface area contributed by atoms with Gasteiger partial charge in [0.05, 0.1) is 5.69 Å². The molecular weight excluding hydrogens is 310 g/mol. The minimum absolute atomic E-state index is 0.297. The highest BCUT2D eigenvalue weighted by molar-refractivity contribution is 6.82. The van der Waals surface area contributed by atoms with E-state index in [4.69, 9.17) is 11.6 Å². The molecule has 2 aromatic heterocycles. The van der Waals surface area contributed by atoms with Crippen LogP contribution in [0.1, 0.15) is 41.5 Å². The molecule has 2 heterocycles. The molecule has 0 radical (unpaired) electrons. The topological polar surface area (TPSA) is 30.7 Å². The Bertz CT molecular complexity index is 613. The van der Waals surface area contributed by atoms with E-state index in [9.17, 15) is 0 Å². The Morgan fingerprint density at radius 1 is 1.00 bits per heavy atom. The first kappa shape index (κ1) is 17.2. The predicted octanol–water partition coefficient (Wildman–Crippen LogP) is 5.62. The minimum Gasteiger partial charge on any atom is -0.379 e. The Balaban J connectivity index is 2.52. The largest absolute Gasteiger partial charge is 0.379 e. The summed E-state index contributed by atoms with van der Waals surface area (Å²) in [6.45, 7) is 14.2. The van der Waals surface area contributed by atoms with Crippen molar-refractivity contribution in [2.45, 2.75) is 58.2 Å². The Morgan fingerprint density at radius 2 is 1.59 bits per heavy atom. The molecular formula is C17H26ClN3Si. The van der Waals surface area contributed by atoms with Crippen LogP contribution < -0.4 is 0 Å². The van der Waals surface area contributed by atoms with Gasteiger partial charge in [0, 0.05) is 18.0 Å². The van der Waals surface area contributed by atoms with Crippen LogP contribution in [0.3, 0.4) is 0 Å². The molecule has 0 N–H and O–H groups in total. The van der Waals surface area contributed by atoms with Crippen LogP contribution >= 0.6 is 11.6 Å². The zero-order valence-corrected chi connectivity index (χ0v) is 16.1. The van der Waals surface area contributed by atoms with Crippen molar-refractivity contribution in [2.24, 2.45) is 0 Å². The minimum atomic E-state index is -1.69. The molecule has 0 saturated carbocycles. The van der Waals surface area contributed by atoms with Crippen molar-refractivity contribution in [3.8, 4) is 11.3 Å². The van der Waals surface area contributed by atoms with Crippen LogP contribution in [0.2, 0.25) is 21.9 Å². The average Bonchev–Trinajstić information content (AvgIpc) is 2.88. The van der Waals surface area contributed by atoms with E-state index < -0.39 is 8.24 Å². The molecule has 0 saturated heterocycles. The van der Waals surface area contributed by atoms with Crippen molar-refractivity contribution < 1.29 is 0 Å². The van der Waals surface area contributed by atoms with Gasteiger partial charge in [0.2, 0.25) is 5.28 Å². The van der Waals surface area contributed by atoms with E-state index in [2.05, 4.69) is 74.2 Å². The number of aromatic nitrogens is 3. The van der Waals surface area contributed by atoms with Gasteiger partial charge in [-0.05, 0) is 46.6 Å². The predicted molar refractivity (Wildman–Crippen MR) is 96.9 cm³/mol. The molecule has 0 aromatic carbocycles. The molecule has 5 heteroatoms. The second-order valence-corrected chi connectivity index (χ2v) is 13.0. The number of hydrogen-bond donors (Lipinski definition) is 0. The van der Waals surface area contributed by atoms with Crippen LogP contribution in [0.25, 0.3) is 11.3 Å². The summed E-state index contributed by atoms with van der Waals surface area (Å²) in [4.78, 5) is 8.29. The molecule has 0 spiro atoms. The maximum atomic E-state index is 5.92. The quantitative estimate of drug-likeness (QED) is 0.524. The molecule has 0 bridgehead atoms. The van der Waals surface area contributed by atoms with Gasteiger partial charge in [-0.2, -0.15) is 0 Å². The van der Waals surface area contributed by atoms with E-state index >= 15 is 0 Å². The van der Waals surface area contributed by atoms with Crippen molar-refractivity contribution in [1.82, 2.24) is 14.2 Å². The summed E-state index contributed by atoms with van der Waals surface area (Å²) in [5.74, 6) is 0. The third kappa shape index (κ3) is 2.86. The Morgan fingerprint density at radius 3 is 2.09 bits per heavy atom. The summed E-state index contributed by atoms with van der Waals surface area (Å²) in [6, 6.07) is 4.06. The molecule has 22 heavy (non-hydrogen) atoms. The van der Waals surface area contributed by atoms with Crippen molar-refractivity contribution in [1.29, 1.82) is 0 Å². The van der Waals surface area contributed by atoms with Crippen molar-refractivity contribution in [2.75, 3.05) is 0 Å². The van der Waals surface area contributed by atoms with Crippen molar-refractivity contribution >= 4 is 19.8 Å². The van der Waals surface area contributed by atoms with Gasteiger partial charge < -0.3 is 4.23 Å². The third-order valence-electron chi connectivity index (χ3n) is 4.84. The molecule has 0 unspecified atom stereocenters. The van der Waals surface area contributed by atoms with E-state index in [-0.39, 0.29) is 0 Å². The van der Waals surface area contributed by atoms with Gasteiger partial charge in [0.1, 0.15) is 0 Å². The SMILES string of the molecule is CC(C)[Si](C(C)C)(C(C)C)n1ccc(-c2ccnc(Cl)n2)c1. The fourth-order valence-corrected chi connectivity index (χ4v) is 10.8. The standard InChI is InChI=1S/C17H26ClN3Si/c1-12(2)22(13(3)4,14(5)6)21-10-8-15(11-21)16-7-9-19-17(18)20-16/h7-14H,1-6H3. The van der Waals surface area contributed by atoms with Crippen LogP contribution in [0.15, 0.2) is 30.7 Å². The van der Waals surface area contributed by atoms with E-state index in [1.165, 1.54) is 0 Å². The van der Waals surface area contributed by atoms with Gasteiger partial charge in [-0.3, -0.25) is 0 Å². The fourth-order valence-electron chi connectivity index (χ4n) is 4.18. The summed E-state index contributed by atoms with van der Waals surface area (Å²) >= 11 is 5.92. The van der Waals surface area contributed by atoms with Gasteiger partial charge in [-0.15, -0.1) is 0 Å². The summed E-state index contributed by atoms with van der Waals surface area (Å²) in [6.07, 6.45) is 6.20. The summed E-state index contributed by atoms with van der Waals surface area (Å²) in [5.41, 5.74) is 4.01. The van der Waals surface area contributed by atoms with Crippen LogP contribution in [0.5, 0.6) is 0 Å². The Labute approximate surface area is 139 Å².